The van der Waals surface area contributed by atoms with Gasteiger partial charge in [0.15, 0.2) is 0 Å². The third-order valence-electron chi connectivity index (χ3n) is 2.39. The van der Waals surface area contributed by atoms with Crippen molar-refractivity contribution in [2.75, 3.05) is 26.8 Å². The van der Waals surface area contributed by atoms with Gasteiger partial charge in [0, 0.05) is 26.2 Å². The molecule has 1 aliphatic heterocycles. The summed E-state index contributed by atoms with van der Waals surface area (Å²) in [6.45, 7) is 1.80. The molecule has 2 N–H and O–H groups in total. The van der Waals surface area contributed by atoms with E-state index in [2.05, 4.69) is 0 Å². The SMILES string of the molecule is COCC(=O)N1CCCC(N)CC1. The second-order valence-electron chi connectivity index (χ2n) is 3.50. The first-order valence-electron chi connectivity index (χ1n) is 4.76. The summed E-state index contributed by atoms with van der Waals surface area (Å²) >= 11 is 0. The summed E-state index contributed by atoms with van der Waals surface area (Å²) in [5.41, 5.74) is 5.80. The summed E-state index contributed by atoms with van der Waals surface area (Å²) in [5.74, 6) is 0.0802. The lowest BCUT2D eigenvalue weighted by molar-refractivity contribution is -0.135. The van der Waals surface area contributed by atoms with Crippen LogP contribution >= 0.6 is 0 Å². The predicted molar refractivity (Wildman–Crippen MR) is 50.3 cm³/mol. The molecule has 1 amide bonds. The summed E-state index contributed by atoms with van der Waals surface area (Å²) in [6, 6.07) is 0.264. The van der Waals surface area contributed by atoms with E-state index in [9.17, 15) is 4.79 Å². The number of hydrogen-bond acceptors (Lipinski definition) is 3. The number of rotatable bonds is 2. The van der Waals surface area contributed by atoms with Gasteiger partial charge in [-0.05, 0) is 19.3 Å². The topological polar surface area (TPSA) is 55.6 Å². The Hall–Kier alpha value is -0.610. The van der Waals surface area contributed by atoms with Crippen LogP contribution in [0.1, 0.15) is 19.3 Å². The maximum atomic E-state index is 11.4. The molecule has 1 unspecified atom stereocenters. The molecule has 4 nitrogen and oxygen atoms in total. The van der Waals surface area contributed by atoms with Crippen LogP contribution in [0.5, 0.6) is 0 Å². The van der Waals surface area contributed by atoms with Gasteiger partial charge in [-0.15, -0.1) is 0 Å². The average molecular weight is 186 g/mol. The van der Waals surface area contributed by atoms with Crippen molar-refractivity contribution in [2.45, 2.75) is 25.3 Å². The van der Waals surface area contributed by atoms with Crippen molar-refractivity contribution in [3.63, 3.8) is 0 Å². The summed E-state index contributed by atoms with van der Waals surface area (Å²) in [6.07, 6.45) is 2.95. The Labute approximate surface area is 79.0 Å². The van der Waals surface area contributed by atoms with Crippen molar-refractivity contribution in [1.82, 2.24) is 4.90 Å². The number of methoxy groups -OCH3 is 1. The van der Waals surface area contributed by atoms with Gasteiger partial charge in [0.1, 0.15) is 6.61 Å². The predicted octanol–water partition coefficient (Wildman–Crippen LogP) is -0.0274. The molecule has 0 aliphatic carbocycles. The van der Waals surface area contributed by atoms with Crippen molar-refractivity contribution in [2.24, 2.45) is 5.73 Å². The Balaban J connectivity index is 2.37. The van der Waals surface area contributed by atoms with Crippen molar-refractivity contribution >= 4 is 5.91 Å². The summed E-state index contributed by atoms with van der Waals surface area (Å²) < 4.78 is 4.80. The first kappa shape index (κ1) is 10.5. The Kier molecular flexibility index (Phi) is 4.18. The average Bonchev–Trinajstić information content (AvgIpc) is 2.30. The maximum absolute atomic E-state index is 11.4. The van der Waals surface area contributed by atoms with Gasteiger partial charge in [0.25, 0.3) is 0 Å². The van der Waals surface area contributed by atoms with E-state index in [1.807, 2.05) is 4.90 Å². The van der Waals surface area contributed by atoms with E-state index in [0.717, 1.165) is 32.4 Å². The number of carbonyl (C=O) groups excluding carboxylic acids is 1. The molecule has 0 aromatic rings. The molecule has 1 fully saturated rings. The zero-order chi connectivity index (χ0) is 9.68. The third kappa shape index (κ3) is 3.32. The molecule has 1 rings (SSSR count). The molecule has 0 spiro atoms. The molecular formula is C9H18N2O2. The van der Waals surface area contributed by atoms with Gasteiger partial charge in [-0.3, -0.25) is 4.79 Å². The Morgan fingerprint density at radius 1 is 1.54 bits per heavy atom. The van der Waals surface area contributed by atoms with Gasteiger partial charge < -0.3 is 15.4 Å². The van der Waals surface area contributed by atoms with Crippen LogP contribution in [0.15, 0.2) is 0 Å². The molecule has 1 heterocycles. The summed E-state index contributed by atoms with van der Waals surface area (Å²) in [4.78, 5) is 13.3. The lowest BCUT2D eigenvalue weighted by Crippen LogP contribution is -2.35. The van der Waals surface area contributed by atoms with Crippen LogP contribution < -0.4 is 5.73 Å². The van der Waals surface area contributed by atoms with Crippen LogP contribution in [0.3, 0.4) is 0 Å². The molecule has 1 aliphatic rings. The second kappa shape index (κ2) is 5.19. The fourth-order valence-corrected chi connectivity index (χ4v) is 1.59. The summed E-state index contributed by atoms with van der Waals surface area (Å²) in [7, 11) is 1.54. The zero-order valence-corrected chi connectivity index (χ0v) is 8.16. The fraction of sp³-hybridized carbons (Fsp3) is 0.889. The van der Waals surface area contributed by atoms with Crippen LogP contribution in [0.4, 0.5) is 0 Å². The third-order valence-corrected chi connectivity index (χ3v) is 2.39. The lowest BCUT2D eigenvalue weighted by atomic mass is 10.1. The van der Waals surface area contributed by atoms with Crippen LogP contribution in [0.2, 0.25) is 0 Å². The number of likely N-dealkylation sites (tertiary alicyclic amines) is 1. The Morgan fingerprint density at radius 2 is 2.31 bits per heavy atom. The number of nitrogens with two attached hydrogens (primary N) is 1. The number of hydrogen-bond donors (Lipinski definition) is 1. The Bertz CT molecular complexity index is 173. The lowest BCUT2D eigenvalue weighted by Gasteiger charge is -2.19. The van der Waals surface area contributed by atoms with Crippen LogP contribution in [0, 0.1) is 0 Å². The van der Waals surface area contributed by atoms with Crippen molar-refractivity contribution < 1.29 is 9.53 Å². The largest absolute Gasteiger partial charge is 0.375 e. The molecular weight excluding hydrogens is 168 g/mol. The minimum Gasteiger partial charge on any atom is -0.375 e. The van der Waals surface area contributed by atoms with Gasteiger partial charge >= 0.3 is 0 Å². The van der Waals surface area contributed by atoms with Crippen molar-refractivity contribution in [1.29, 1.82) is 0 Å². The van der Waals surface area contributed by atoms with Gasteiger partial charge in [-0.2, -0.15) is 0 Å². The molecule has 4 heteroatoms. The fourth-order valence-electron chi connectivity index (χ4n) is 1.59. The molecule has 0 bridgehead atoms. The minimum absolute atomic E-state index is 0.0802. The van der Waals surface area contributed by atoms with E-state index in [0.29, 0.717) is 0 Å². The highest BCUT2D eigenvalue weighted by atomic mass is 16.5. The minimum atomic E-state index is 0.0802. The number of ether oxygens (including phenoxy) is 1. The van der Waals surface area contributed by atoms with E-state index in [-0.39, 0.29) is 18.6 Å². The molecule has 13 heavy (non-hydrogen) atoms. The van der Waals surface area contributed by atoms with E-state index in [1.54, 1.807) is 7.11 Å². The number of amides is 1. The molecule has 76 valence electrons. The highest BCUT2D eigenvalue weighted by Crippen LogP contribution is 2.09. The van der Waals surface area contributed by atoms with E-state index in [1.165, 1.54) is 0 Å². The van der Waals surface area contributed by atoms with Crippen LogP contribution in [0.25, 0.3) is 0 Å². The normalized spacial score (nSPS) is 24.2. The van der Waals surface area contributed by atoms with E-state index in [4.69, 9.17) is 10.5 Å². The van der Waals surface area contributed by atoms with Crippen LogP contribution in [-0.4, -0.2) is 43.7 Å². The first-order chi connectivity index (χ1) is 6.24. The number of nitrogens with zero attached hydrogens (tertiary/aromatic N) is 1. The maximum Gasteiger partial charge on any atom is 0.248 e. The van der Waals surface area contributed by atoms with E-state index >= 15 is 0 Å². The van der Waals surface area contributed by atoms with Crippen LogP contribution in [-0.2, 0) is 9.53 Å². The molecule has 0 aromatic carbocycles. The zero-order valence-electron chi connectivity index (χ0n) is 8.16. The van der Waals surface area contributed by atoms with Gasteiger partial charge in [-0.25, -0.2) is 0 Å². The quantitative estimate of drug-likeness (QED) is 0.659. The molecule has 0 saturated carbocycles. The molecule has 0 aromatic heterocycles. The molecule has 0 radical (unpaired) electrons. The van der Waals surface area contributed by atoms with Gasteiger partial charge in [0.05, 0.1) is 0 Å². The van der Waals surface area contributed by atoms with Gasteiger partial charge in [0.2, 0.25) is 5.91 Å². The first-order valence-corrected chi connectivity index (χ1v) is 4.76. The number of carbonyl (C=O) groups is 1. The van der Waals surface area contributed by atoms with Crippen molar-refractivity contribution in [3.05, 3.63) is 0 Å². The smallest absolute Gasteiger partial charge is 0.248 e. The van der Waals surface area contributed by atoms with E-state index < -0.39 is 0 Å². The Morgan fingerprint density at radius 3 is 3.00 bits per heavy atom. The summed E-state index contributed by atoms with van der Waals surface area (Å²) in [5, 5.41) is 0. The molecule has 1 saturated heterocycles. The van der Waals surface area contributed by atoms with Gasteiger partial charge in [-0.1, -0.05) is 0 Å². The van der Waals surface area contributed by atoms with Crippen molar-refractivity contribution in [3.8, 4) is 0 Å². The highest BCUT2D eigenvalue weighted by molar-refractivity contribution is 5.77. The standard InChI is InChI=1S/C9H18N2O2/c1-13-7-9(12)11-5-2-3-8(10)4-6-11/h8H,2-7,10H2,1H3. The highest BCUT2D eigenvalue weighted by Gasteiger charge is 2.17. The monoisotopic (exact) mass is 186 g/mol. The molecule has 1 atom stereocenters. The second-order valence-corrected chi connectivity index (χ2v) is 3.50.